The minimum atomic E-state index is -0.720. The van der Waals surface area contributed by atoms with Gasteiger partial charge in [-0.05, 0) is 0 Å². The first-order valence-corrected chi connectivity index (χ1v) is 8.29. The van der Waals surface area contributed by atoms with Crippen molar-refractivity contribution in [2.45, 2.75) is 18.3 Å². The van der Waals surface area contributed by atoms with Gasteiger partial charge < -0.3 is 49.2 Å². The van der Waals surface area contributed by atoms with Crippen LogP contribution in [-0.2, 0) is 23.7 Å². The second kappa shape index (κ2) is 18.4. The molecule has 0 radical (unpaired) electrons. The topological polar surface area (TPSA) is 147 Å². The summed E-state index contributed by atoms with van der Waals surface area (Å²) in [4.78, 5) is 0. The monoisotopic (exact) mass is 372 g/mol. The molecule has 0 fully saturated rings. The Morgan fingerprint density at radius 3 is 1.20 bits per heavy atom. The second-order valence-electron chi connectivity index (χ2n) is 4.92. The zero-order chi connectivity index (χ0) is 18.8. The van der Waals surface area contributed by atoms with Crippen LogP contribution in [0.15, 0.2) is 0 Å². The van der Waals surface area contributed by atoms with Gasteiger partial charge in [0, 0.05) is 0 Å². The lowest BCUT2D eigenvalue weighted by molar-refractivity contribution is -0.176. The van der Waals surface area contributed by atoms with Gasteiger partial charge in [0.1, 0.15) is 18.3 Å². The van der Waals surface area contributed by atoms with Crippen LogP contribution >= 0.6 is 0 Å². The van der Waals surface area contributed by atoms with Crippen LogP contribution in [0.5, 0.6) is 0 Å². The van der Waals surface area contributed by atoms with Gasteiger partial charge in [-0.3, -0.25) is 0 Å². The van der Waals surface area contributed by atoms with E-state index in [9.17, 15) is 0 Å². The molecule has 2 atom stereocenters. The van der Waals surface area contributed by atoms with E-state index in [0.717, 1.165) is 0 Å². The quantitative estimate of drug-likeness (QED) is 0.150. The van der Waals surface area contributed by atoms with Gasteiger partial charge >= 0.3 is 0 Å². The van der Waals surface area contributed by atoms with Crippen molar-refractivity contribution in [3.05, 3.63) is 0 Å². The Balaban J connectivity index is 5.02. The van der Waals surface area contributed by atoms with E-state index < -0.39 is 18.3 Å². The third kappa shape index (κ3) is 12.6. The number of hydrogen-bond donors (Lipinski definition) is 5. The number of hydrogen-bond acceptors (Lipinski definition) is 10. The van der Waals surface area contributed by atoms with E-state index >= 15 is 0 Å². The maximum atomic E-state index is 9.04. The van der Waals surface area contributed by atoms with Crippen LogP contribution in [-0.4, -0.2) is 123 Å². The van der Waals surface area contributed by atoms with Crippen molar-refractivity contribution in [2.24, 2.45) is 0 Å². The molecule has 0 bridgehead atoms. The number of aliphatic hydroxyl groups excluding tert-OH is 5. The lowest BCUT2D eigenvalue weighted by Gasteiger charge is -2.33. The highest BCUT2D eigenvalue weighted by atomic mass is 16.6. The van der Waals surface area contributed by atoms with Crippen LogP contribution in [0.25, 0.3) is 0 Å². The lowest BCUT2D eigenvalue weighted by Crippen LogP contribution is -2.48. The summed E-state index contributed by atoms with van der Waals surface area (Å²) in [6.07, 6.45) is -2.04. The van der Waals surface area contributed by atoms with Crippen molar-refractivity contribution < 1.29 is 49.2 Å². The minimum absolute atomic E-state index is 0.0165. The van der Waals surface area contributed by atoms with Crippen LogP contribution < -0.4 is 0 Å². The largest absolute Gasteiger partial charge is 0.394 e. The van der Waals surface area contributed by atoms with Crippen molar-refractivity contribution in [2.75, 3.05) is 79.3 Å². The number of aliphatic hydroxyl groups is 5. The molecule has 0 heterocycles. The van der Waals surface area contributed by atoms with Crippen LogP contribution in [0.3, 0.4) is 0 Å². The summed E-state index contributed by atoms with van der Waals surface area (Å²) in [6, 6.07) is 0. The molecule has 0 aliphatic carbocycles. The van der Waals surface area contributed by atoms with Gasteiger partial charge in [-0.1, -0.05) is 0 Å². The predicted molar refractivity (Wildman–Crippen MR) is 86.3 cm³/mol. The van der Waals surface area contributed by atoms with E-state index in [0.29, 0.717) is 0 Å². The third-order valence-corrected chi connectivity index (χ3v) is 3.02. The molecule has 0 rings (SSSR count). The minimum Gasteiger partial charge on any atom is -0.394 e. The molecule has 0 aromatic heterocycles. The Labute approximate surface area is 147 Å². The number of ether oxygens (including phenoxy) is 5. The molecule has 0 aliphatic rings. The van der Waals surface area contributed by atoms with Gasteiger partial charge in [0.25, 0.3) is 0 Å². The summed E-state index contributed by atoms with van der Waals surface area (Å²) in [5.74, 6) is 0. The average molecular weight is 372 g/mol. The Kier molecular flexibility index (Phi) is 18.1. The second-order valence-corrected chi connectivity index (χ2v) is 4.92. The first kappa shape index (κ1) is 24.6. The van der Waals surface area contributed by atoms with Gasteiger partial charge in [-0.25, -0.2) is 0 Å². The molecular formula is C15H32O10. The molecule has 0 saturated heterocycles. The summed E-state index contributed by atoms with van der Waals surface area (Å²) in [6.45, 7) is -0.494. The fourth-order valence-corrected chi connectivity index (χ4v) is 2.05. The first-order valence-electron chi connectivity index (χ1n) is 8.29. The highest BCUT2D eigenvalue weighted by Crippen LogP contribution is 2.14. The van der Waals surface area contributed by atoms with Gasteiger partial charge in [-0.2, -0.15) is 0 Å². The van der Waals surface area contributed by atoms with E-state index in [1.165, 1.54) is 0 Å². The summed E-state index contributed by atoms with van der Waals surface area (Å²) in [7, 11) is 0. The zero-order valence-corrected chi connectivity index (χ0v) is 14.5. The van der Waals surface area contributed by atoms with Crippen molar-refractivity contribution >= 4 is 0 Å². The Morgan fingerprint density at radius 1 is 0.480 bits per heavy atom. The summed E-state index contributed by atoms with van der Waals surface area (Å²) >= 11 is 0. The van der Waals surface area contributed by atoms with Gasteiger partial charge in [0.05, 0.1) is 79.3 Å². The molecule has 10 nitrogen and oxygen atoms in total. The third-order valence-electron chi connectivity index (χ3n) is 3.02. The highest BCUT2D eigenvalue weighted by Gasteiger charge is 2.32. The maximum absolute atomic E-state index is 9.04. The molecule has 0 aliphatic heterocycles. The van der Waals surface area contributed by atoms with E-state index in [4.69, 9.17) is 49.2 Å². The van der Waals surface area contributed by atoms with Crippen LogP contribution in [0.1, 0.15) is 0 Å². The molecule has 0 spiro atoms. The first-order chi connectivity index (χ1) is 12.2. The SMILES string of the molecule is OCCOCC(OCCO)C(OCCO)C(COCCO)OCCO. The molecule has 0 aromatic rings. The summed E-state index contributed by atoms with van der Waals surface area (Å²) in [5.41, 5.74) is 0. The molecule has 2 unspecified atom stereocenters. The van der Waals surface area contributed by atoms with Gasteiger partial charge in [0.2, 0.25) is 0 Å². The van der Waals surface area contributed by atoms with Crippen LogP contribution in [0, 0.1) is 0 Å². The molecule has 0 amide bonds. The molecular weight excluding hydrogens is 340 g/mol. The molecule has 25 heavy (non-hydrogen) atoms. The molecule has 0 aromatic carbocycles. The normalized spacial score (nSPS) is 15.2. The molecule has 5 N–H and O–H groups in total. The van der Waals surface area contributed by atoms with Crippen molar-refractivity contribution in [3.8, 4) is 0 Å². The van der Waals surface area contributed by atoms with E-state index in [-0.39, 0.29) is 79.3 Å². The fraction of sp³-hybridized carbons (Fsp3) is 1.00. The van der Waals surface area contributed by atoms with E-state index in [1.54, 1.807) is 0 Å². The number of rotatable bonds is 19. The predicted octanol–water partition coefficient (Wildman–Crippen LogP) is -2.86. The standard InChI is InChI=1S/C15H32O10/c16-1-6-21-11-13(23-8-3-18)15(25-10-5-20)14(24-9-4-19)12-22-7-2-17/h13-20H,1-12H2. The van der Waals surface area contributed by atoms with Crippen molar-refractivity contribution in [1.82, 2.24) is 0 Å². The smallest absolute Gasteiger partial charge is 0.114 e. The van der Waals surface area contributed by atoms with E-state index in [2.05, 4.69) is 0 Å². The molecule has 152 valence electrons. The van der Waals surface area contributed by atoms with Crippen LogP contribution in [0.2, 0.25) is 0 Å². The maximum Gasteiger partial charge on any atom is 0.114 e. The zero-order valence-electron chi connectivity index (χ0n) is 14.5. The van der Waals surface area contributed by atoms with Gasteiger partial charge in [0.15, 0.2) is 0 Å². The van der Waals surface area contributed by atoms with Crippen LogP contribution in [0.4, 0.5) is 0 Å². The van der Waals surface area contributed by atoms with Crippen molar-refractivity contribution in [3.63, 3.8) is 0 Å². The highest BCUT2D eigenvalue weighted by molar-refractivity contribution is 4.80. The molecule has 10 heteroatoms. The van der Waals surface area contributed by atoms with E-state index in [1.807, 2.05) is 0 Å². The molecule has 0 saturated carbocycles. The average Bonchev–Trinajstić information content (AvgIpc) is 2.63. The van der Waals surface area contributed by atoms with Gasteiger partial charge in [-0.15, -0.1) is 0 Å². The fourth-order valence-electron chi connectivity index (χ4n) is 2.05. The Hall–Kier alpha value is -0.400. The summed E-state index contributed by atoms with van der Waals surface area (Å²) < 4.78 is 27.3. The summed E-state index contributed by atoms with van der Waals surface area (Å²) in [5, 5.41) is 44.7. The lowest BCUT2D eigenvalue weighted by atomic mass is 10.1. The Morgan fingerprint density at radius 2 is 0.840 bits per heavy atom. The van der Waals surface area contributed by atoms with Crippen molar-refractivity contribution in [1.29, 1.82) is 0 Å². The Bertz CT molecular complexity index is 247.